The fourth-order valence-electron chi connectivity index (χ4n) is 4.12. The Labute approximate surface area is 141 Å². The summed E-state index contributed by atoms with van der Waals surface area (Å²) in [5.74, 6) is 1.80. The Kier molecular flexibility index (Phi) is 5.52. The molecule has 0 N–H and O–H groups in total. The van der Waals surface area contributed by atoms with E-state index in [-0.39, 0.29) is 0 Å². The zero-order valence-corrected chi connectivity index (χ0v) is 15.0. The maximum absolute atomic E-state index is 4.89. The topological polar surface area (TPSA) is 32.3 Å². The third kappa shape index (κ3) is 4.23. The van der Waals surface area contributed by atoms with Gasteiger partial charge in [0.1, 0.15) is 0 Å². The van der Waals surface area contributed by atoms with E-state index in [9.17, 15) is 0 Å². The maximum atomic E-state index is 4.89. The summed E-state index contributed by atoms with van der Waals surface area (Å²) in [6, 6.07) is 3.32. The summed E-state index contributed by atoms with van der Waals surface area (Å²) in [6.07, 6.45) is 10.9. The Hall–Kier alpha value is -1.16. The van der Waals surface area contributed by atoms with Crippen molar-refractivity contribution >= 4 is 5.95 Å². The summed E-state index contributed by atoms with van der Waals surface area (Å²) in [7, 11) is 2.23. The van der Waals surface area contributed by atoms with E-state index in [2.05, 4.69) is 41.7 Å². The number of nitrogens with zero attached hydrogens (tertiary/aromatic N) is 4. The monoisotopic (exact) mass is 316 g/mol. The Morgan fingerprint density at radius 3 is 2.57 bits per heavy atom. The molecule has 2 saturated heterocycles. The number of rotatable bonds is 7. The molecule has 128 valence electrons. The van der Waals surface area contributed by atoms with E-state index >= 15 is 0 Å². The molecule has 4 nitrogen and oxygen atoms in total. The number of aromatic nitrogens is 2. The van der Waals surface area contributed by atoms with Gasteiger partial charge in [-0.3, -0.25) is 0 Å². The Bertz CT molecular complexity index is 488. The highest BCUT2D eigenvalue weighted by molar-refractivity contribution is 5.38. The molecule has 0 amide bonds. The van der Waals surface area contributed by atoms with Gasteiger partial charge in [-0.25, -0.2) is 9.97 Å². The highest BCUT2D eigenvalue weighted by atomic mass is 15.4. The third-order valence-corrected chi connectivity index (χ3v) is 5.31. The van der Waals surface area contributed by atoms with Crippen molar-refractivity contribution in [3.8, 4) is 0 Å². The van der Waals surface area contributed by atoms with Crippen LogP contribution < -0.4 is 4.90 Å². The van der Waals surface area contributed by atoms with Crippen LogP contribution in [0.1, 0.15) is 58.1 Å². The van der Waals surface area contributed by atoms with Crippen LogP contribution in [0, 0.1) is 5.92 Å². The molecule has 2 atom stereocenters. The Balaban J connectivity index is 1.56. The number of hydrogen-bond acceptors (Lipinski definition) is 4. The van der Waals surface area contributed by atoms with E-state index in [1.807, 2.05) is 6.20 Å². The molecule has 2 unspecified atom stereocenters. The van der Waals surface area contributed by atoms with Crippen LogP contribution in [0.2, 0.25) is 0 Å². The number of hydrogen-bond donors (Lipinski definition) is 0. The van der Waals surface area contributed by atoms with Gasteiger partial charge in [0, 0.05) is 37.1 Å². The van der Waals surface area contributed by atoms with Gasteiger partial charge in [0.2, 0.25) is 5.95 Å². The number of unbranched alkanes of at least 4 members (excludes halogenated alkanes) is 2. The molecule has 1 aromatic rings. The van der Waals surface area contributed by atoms with Crippen LogP contribution >= 0.6 is 0 Å². The molecular weight excluding hydrogens is 284 g/mol. The fraction of sp³-hybridized carbons (Fsp3) is 0.789. The van der Waals surface area contributed by atoms with Crippen molar-refractivity contribution in [3.05, 3.63) is 18.0 Å². The quantitative estimate of drug-likeness (QED) is 0.721. The molecule has 3 rings (SSSR count). The fourth-order valence-corrected chi connectivity index (χ4v) is 4.12. The minimum atomic E-state index is 0.611. The molecule has 23 heavy (non-hydrogen) atoms. The Morgan fingerprint density at radius 1 is 1.13 bits per heavy atom. The summed E-state index contributed by atoms with van der Waals surface area (Å²) in [4.78, 5) is 14.4. The first kappa shape index (κ1) is 16.7. The second-order valence-corrected chi connectivity index (χ2v) is 7.85. The second-order valence-electron chi connectivity index (χ2n) is 7.85. The van der Waals surface area contributed by atoms with Crippen LogP contribution in [-0.4, -0.2) is 47.1 Å². The van der Waals surface area contributed by atoms with Crippen molar-refractivity contribution < 1.29 is 0 Å². The summed E-state index contributed by atoms with van der Waals surface area (Å²) in [5, 5.41) is 0. The molecule has 1 aromatic heterocycles. The van der Waals surface area contributed by atoms with Gasteiger partial charge in [-0.05, 0) is 44.7 Å². The molecule has 3 heterocycles. The van der Waals surface area contributed by atoms with Crippen LogP contribution in [0.25, 0.3) is 0 Å². The highest BCUT2D eigenvalue weighted by Gasteiger charge is 2.40. The van der Waals surface area contributed by atoms with E-state index in [1.165, 1.54) is 44.2 Å². The van der Waals surface area contributed by atoms with Crippen molar-refractivity contribution in [2.75, 3.05) is 25.0 Å². The van der Waals surface area contributed by atoms with Gasteiger partial charge in [-0.2, -0.15) is 0 Å². The van der Waals surface area contributed by atoms with Crippen LogP contribution in [0.5, 0.6) is 0 Å². The molecule has 2 aliphatic rings. The van der Waals surface area contributed by atoms with Crippen LogP contribution in [0.3, 0.4) is 0 Å². The number of fused-ring (bicyclic) bond motifs is 2. The summed E-state index contributed by atoms with van der Waals surface area (Å²) in [6.45, 7) is 6.92. The lowest BCUT2D eigenvalue weighted by molar-refractivity contribution is 0.262. The summed E-state index contributed by atoms with van der Waals surface area (Å²) >= 11 is 0. The van der Waals surface area contributed by atoms with Gasteiger partial charge in [0.15, 0.2) is 0 Å². The minimum Gasteiger partial charge on any atom is -0.332 e. The van der Waals surface area contributed by atoms with Gasteiger partial charge >= 0.3 is 0 Å². The number of aryl methyl sites for hydroxylation is 1. The maximum Gasteiger partial charge on any atom is 0.226 e. The number of likely N-dealkylation sites (N-methyl/N-ethyl adjacent to an activating group) is 1. The predicted octanol–water partition coefficient (Wildman–Crippen LogP) is 3.52. The van der Waals surface area contributed by atoms with Gasteiger partial charge in [0.25, 0.3) is 0 Å². The largest absolute Gasteiger partial charge is 0.332 e. The SMILES string of the molecule is CC(C)CCCCCc1ccnc(N2C3CCC2CN(C)C3)n1. The first-order chi connectivity index (χ1) is 11.1. The third-order valence-electron chi connectivity index (χ3n) is 5.31. The lowest BCUT2D eigenvalue weighted by Crippen LogP contribution is -2.53. The minimum absolute atomic E-state index is 0.611. The second kappa shape index (κ2) is 7.61. The number of anilines is 1. The molecule has 0 spiro atoms. The standard InChI is InChI=1S/C19H32N4/c1-15(2)7-5-4-6-8-16-11-12-20-19(21-16)23-17-9-10-18(23)14-22(3)13-17/h11-12,15,17-18H,4-10,13-14H2,1-3H3. The lowest BCUT2D eigenvalue weighted by Gasteiger charge is -2.39. The average Bonchev–Trinajstić information content (AvgIpc) is 2.79. The smallest absolute Gasteiger partial charge is 0.226 e. The van der Waals surface area contributed by atoms with Crippen molar-refractivity contribution in [2.24, 2.45) is 5.92 Å². The van der Waals surface area contributed by atoms with Gasteiger partial charge in [0.05, 0.1) is 0 Å². The summed E-state index contributed by atoms with van der Waals surface area (Å²) < 4.78 is 0. The zero-order valence-electron chi connectivity index (χ0n) is 15.0. The molecule has 0 aliphatic carbocycles. The van der Waals surface area contributed by atoms with E-state index in [1.54, 1.807) is 0 Å². The molecule has 0 radical (unpaired) electrons. The Morgan fingerprint density at radius 2 is 1.87 bits per heavy atom. The van der Waals surface area contributed by atoms with Gasteiger partial charge in [-0.1, -0.05) is 33.1 Å². The lowest BCUT2D eigenvalue weighted by atomic mass is 10.0. The van der Waals surface area contributed by atoms with E-state index in [0.717, 1.165) is 31.4 Å². The van der Waals surface area contributed by atoms with Crippen LogP contribution in [0.15, 0.2) is 12.3 Å². The van der Waals surface area contributed by atoms with Gasteiger partial charge < -0.3 is 9.80 Å². The van der Waals surface area contributed by atoms with E-state index in [0.29, 0.717) is 12.1 Å². The molecule has 2 aliphatic heterocycles. The van der Waals surface area contributed by atoms with E-state index < -0.39 is 0 Å². The van der Waals surface area contributed by atoms with Gasteiger partial charge in [-0.15, -0.1) is 0 Å². The normalized spacial score (nSPS) is 24.6. The molecule has 0 saturated carbocycles. The molecule has 2 fully saturated rings. The van der Waals surface area contributed by atoms with Crippen LogP contribution in [0.4, 0.5) is 5.95 Å². The molecule has 4 heteroatoms. The van der Waals surface area contributed by atoms with Crippen molar-refractivity contribution in [3.63, 3.8) is 0 Å². The number of likely N-dealkylation sites (tertiary alicyclic amines) is 1. The molecule has 2 bridgehead atoms. The first-order valence-corrected chi connectivity index (χ1v) is 9.42. The highest BCUT2D eigenvalue weighted by Crippen LogP contribution is 2.32. The zero-order chi connectivity index (χ0) is 16.2. The first-order valence-electron chi connectivity index (χ1n) is 9.42. The average molecular weight is 316 g/mol. The molecular formula is C19H32N4. The predicted molar refractivity (Wildman–Crippen MR) is 95.8 cm³/mol. The van der Waals surface area contributed by atoms with Crippen molar-refractivity contribution in [1.29, 1.82) is 0 Å². The number of piperazine rings is 1. The molecule has 0 aromatic carbocycles. The summed E-state index contributed by atoms with van der Waals surface area (Å²) in [5.41, 5.74) is 1.22. The van der Waals surface area contributed by atoms with E-state index in [4.69, 9.17) is 4.98 Å². The van der Waals surface area contributed by atoms with Crippen molar-refractivity contribution in [1.82, 2.24) is 14.9 Å². The van der Waals surface area contributed by atoms with Crippen LogP contribution in [-0.2, 0) is 6.42 Å². The van der Waals surface area contributed by atoms with Crippen molar-refractivity contribution in [2.45, 2.75) is 70.9 Å².